The Morgan fingerprint density at radius 1 is 1.26 bits per heavy atom. The summed E-state index contributed by atoms with van der Waals surface area (Å²) >= 11 is 0. The summed E-state index contributed by atoms with van der Waals surface area (Å²) in [6.45, 7) is 14.5. The summed E-state index contributed by atoms with van der Waals surface area (Å²) < 4.78 is 2.03. The maximum Gasteiger partial charge on any atom is 0.0596 e. The van der Waals surface area contributed by atoms with E-state index in [1.54, 1.807) is 0 Å². The van der Waals surface area contributed by atoms with E-state index in [9.17, 15) is 0 Å². The number of aromatic nitrogens is 2. The molecule has 0 amide bonds. The molecule has 1 unspecified atom stereocenters. The van der Waals surface area contributed by atoms with Gasteiger partial charge in [0.25, 0.3) is 0 Å². The van der Waals surface area contributed by atoms with Crippen molar-refractivity contribution in [2.45, 2.75) is 66.3 Å². The third-order valence-electron chi connectivity index (χ3n) is 3.61. The van der Waals surface area contributed by atoms with Crippen LogP contribution < -0.4 is 5.32 Å². The molecule has 110 valence electrons. The quantitative estimate of drug-likeness (QED) is 0.853. The number of aryl methyl sites for hydroxylation is 2. The molecule has 0 saturated carbocycles. The van der Waals surface area contributed by atoms with E-state index < -0.39 is 0 Å². The SMILES string of the molecule is CCCC(C)(CNC(C)(C)C)Cc1cc(C)nn1C. The van der Waals surface area contributed by atoms with E-state index in [0.29, 0.717) is 5.41 Å². The van der Waals surface area contributed by atoms with Crippen LogP contribution >= 0.6 is 0 Å². The summed E-state index contributed by atoms with van der Waals surface area (Å²) in [5, 5.41) is 8.12. The minimum atomic E-state index is 0.178. The Morgan fingerprint density at radius 3 is 2.32 bits per heavy atom. The van der Waals surface area contributed by atoms with Gasteiger partial charge in [-0.2, -0.15) is 5.10 Å². The van der Waals surface area contributed by atoms with E-state index in [4.69, 9.17) is 0 Å². The largest absolute Gasteiger partial charge is 0.312 e. The standard InChI is InChI=1S/C16H31N3/c1-8-9-16(6,12-17-15(3,4)5)11-14-10-13(2)18-19(14)7/h10,17H,8-9,11-12H2,1-7H3. The van der Waals surface area contributed by atoms with Crippen molar-refractivity contribution in [3.05, 3.63) is 17.5 Å². The van der Waals surface area contributed by atoms with E-state index in [0.717, 1.165) is 18.7 Å². The average Bonchev–Trinajstić information content (AvgIpc) is 2.54. The topological polar surface area (TPSA) is 29.9 Å². The summed E-state index contributed by atoms with van der Waals surface area (Å²) in [5.41, 5.74) is 2.92. The molecule has 1 atom stereocenters. The van der Waals surface area contributed by atoms with Crippen molar-refractivity contribution in [2.75, 3.05) is 6.54 Å². The van der Waals surface area contributed by atoms with Gasteiger partial charge in [-0.1, -0.05) is 20.3 Å². The first-order valence-electron chi connectivity index (χ1n) is 7.40. The Labute approximate surface area is 118 Å². The van der Waals surface area contributed by atoms with Crippen LogP contribution in [0.5, 0.6) is 0 Å². The molecule has 0 fully saturated rings. The van der Waals surface area contributed by atoms with E-state index in [1.807, 2.05) is 11.7 Å². The molecule has 3 heteroatoms. The molecule has 1 N–H and O–H groups in total. The second kappa shape index (κ2) is 6.08. The highest BCUT2D eigenvalue weighted by Gasteiger charge is 2.27. The first-order valence-corrected chi connectivity index (χ1v) is 7.40. The van der Waals surface area contributed by atoms with Crippen molar-refractivity contribution in [2.24, 2.45) is 12.5 Å². The van der Waals surface area contributed by atoms with Gasteiger partial charge in [0.05, 0.1) is 5.69 Å². The van der Waals surface area contributed by atoms with Crippen LogP contribution in [0.15, 0.2) is 6.07 Å². The maximum absolute atomic E-state index is 4.46. The van der Waals surface area contributed by atoms with Gasteiger partial charge in [-0.05, 0) is 52.0 Å². The Balaban J connectivity index is 2.78. The first-order chi connectivity index (χ1) is 8.65. The number of rotatable bonds is 6. The smallest absolute Gasteiger partial charge is 0.0596 e. The zero-order valence-electron chi connectivity index (χ0n) is 13.8. The van der Waals surface area contributed by atoms with Crippen molar-refractivity contribution in [1.29, 1.82) is 0 Å². The minimum absolute atomic E-state index is 0.178. The lowest BCUT2D eigenvalue weighted by Gasteiger charge is -2.33. The van der Waals surface area contributed by atoms with Crippen molar-refractivity contribution in [1.82, 2.24) is 15.1 Å². The second-order valence-corrected chi connectivity index (χ2v) is 7.24. The van der Waals surface area contributed by atoms with E-state index in [-0.39, 0.29) is 5.54 Å². The summed E-state index contributed by atoms with van der Waals surface area (Å²) in [5.74, 6) is 0. The van der Waals surface area contributed by atoms with E-state index >= 15 is 0 Å². The maximum atomic E-state index is 4.46. The predicted octanol–water partition coefficient (Wildman–Crippen LogP) is 3.47. The molecule has 1 aromatic rings. The number of nitrogens with one attached hydrogen (secondary N) is 1. The monoisotopic (exact) mass is 265 g/mol. The van der Waals surface area contributed by atoms with Gasteiger partial charge in [-0.25, -0.2) is 0 Å². The zero-order valence-corrected chi connectivity index (χ0v) is 13.8. The summed E-state index contributed by atoms with van der Waals surface area (Å²) in [6, 6.07) is 2.21. The molecule has 0 spiro atoms. The fourth-order valence-corrected chi connectivity index (χ4v) is 2.59. The minimum Gasteiger partial charge on any atom is -0.312 e. The predicted molar refractivity (Wildman–Crippen MR) is 82.4 cm³/mol. The lowest BCUT2D eigenvalue weighted by atomic mass is 9.80. The summed E-state index contributed by atoms with van der Waals surface area (Å²) in [4.78, 5) is 0. The van der Waals surface area contributed by atoms with Gasteiger partial charge < -0.3 is 5.32 Å². The van der Waals surface area contributed by atoms with Crippen LogP contribution in [0.4, 0.5) is 0 Å². The lowest BCUT2D eigenvalue weighted by molar-refractivity contribution is 0.239. The van der Waals surface area contributed by atoms with Crippen LogP contribution in [-0.4, -0.2) is 21.9 Å². The van der Waals surface area contributed by atoms with Crippen LogP contribution in [-0.2, 0) is 13.5 Å². The number of nitrogens with zero attached hydrogens (tertiary/aromatic N) is 2. The molecular weight excluding hydrogens is 234 g/mol. The lowest BCUT2D eigenvalue weighted by Crippen LogP contribution is -2.43. The molecule has 0 aliphatic carbocycles. The Kier molecular flexibility index (Phi) is 5.19. The van der Waals surface area contributed by atoms with Gasteiger partial charge in [-0.3, -0.25) is 4.68 Å². The highest BCUT2D eigenvalue weighted by Crippen LogP contribution is 2.28. The number of hydrogen-bond donors (Lipinski definition) is 1. The molecule has 0 aliphatic heterocycles. The highest BCUT2D eigenvalue weighted by atomic mass is 15.3. The van der Waals surface area contributed by atoms with Gasteiger partial charge in [0, 0.05) is 24.8 Å². The van der Waals surface area contributed by atoms with E-state index in [1.165, 1.54) is 18.5 Å². The molecule has 1 aromatic heterocycles. The van der Waals surface area contributed by atoms with Crippen molar-refractivity contribution in [3.8, 4) is 0 Å². The van der Waals surface area contributed by atoms with Crippen molar-refractivity contribution >= 4 is 0 Å². The molecule has 0 saturated heterocycles. The molecule has 3 nitrogen and oxygen atoms in total. The summed E-state index contributed by atoms with van der Waals surface area (Å²) in [6.07, 6.45) is 3.54. The molecule has 0 bridgehead atoms. The van der Waals surface area contributed by atoms with E-state index in [2.05, 4.69) is 58.0 Å². The highest BCUT2D eigenvalue weighted by molar-refractivity contribution is 5.11. The molecule has 0 aliphatic rings. The van der Waals surface area contributed by atoms with Gasteiger partial charge in [0.15, 0.2) is 0 Å². The van der Waals surface area contributed by atoms with Crippen LogP contribution in [0.1, 0.15) is 58.8 Å². The fourth-order valence-electron chi connectivity index (χ4n) is 2.59. The van der Waals surface area contributed by atoms with Crippen LogP contribution in [0.2, 0.25) is 0 Å². The zero-order chi connectivity index (χ0) is 14.7. The van der Waals surface area contributed by atoms with Crippen LogP contribution in [0.25, 0.3) is 0 Å². The first kappa shape index (κ1) is 16.2. The third-order valence-corrected chi connectivity index (χ3v) is 3.61. The molecular formula is C16H31N3. The summed E-state index contributed by atoms with van der Waals surface area (Å²) in [7, 11) is 2.05. The van der Waals surface area contributed by atoms with Gasteiger partial charge in [-0.15, -0.1) is 0 Å². The molecule has 1 heterocycles. The van der Waals surface area contributed by atoms with Crippen LogP contribution in [0, 0.1) is 12.3 Å². The molecule has 19 heavy (non-hydrogen) atoms. The average molecular weight is 265 g/mol. The van der Waals surface area contributed by atoms with Crippen LogP contribution in [0.3, 0.4) is 0 Å². The Morgan fingerprint density at radius 2 is 1.89 bits per heavy atom. The Bertz CT molecular complexity index is 401. The number of hydrogen-bond acceptors (Lipinski definition) is 2. The fraction of sp³-hybridized carbons (Fsp3) is 0.812. The second-order valence-electron chi connectivity index (χ2n) is 7.24. The normalized spacial score (nSPS) is 15.5. The van der Waals surface area contributed by atoms with Gasteiger partial charge in [0.1, 0.15) is 0 Å². The molecule has 1 rings (SSSR count). The van der Waals surface area contributed by atoms with Gasteiger partial charge >= 0.3 is 0 Å². The Hall–Kier alpha value is -0.830. The third kappa shape index (κ3) is 5.35. The van der Waals surface area contributed by atoms with Crippen molar-refractivity contribution in [3.63, 3.8) is 0 Å². The molecule has 0 aromatic carbocycles. The van der Waals surface area contributed by atoms with Gasteiger partial charge in [0.2, 0.25) is 0 Å². The van der Waals surface area contributed by atoms with Crippen molar-refractivity contribution < 1.29 is 0 Å². The molecule has 0 radical (unpaired) electrons.